The molecule has 0 unspecified atom stereocenters. The van der Waals surface area contributed by atoms with Crippen LogP contribution in [0.3, 0.4) is 0 Å². The van der Waals surface area contributed by atoms with Crippen molar-refractivity contribution in [1.82, 2.24) is 14.5 Å². The average molecular weight is 520 g/mol. The van der Waals surface area contributed by atoms with Crippen LogP contribution in [0.1, 0.15) is 44.0 Å². The van der Waals surface area contributed by atoms with Gasteiger partial charge in [-0.15, -0.1) is 5.26 Å². The van der Waals surface area contributed by atoms with Gasteiger partial charge in [0.15, 0.2) is 0 Å². The summed E-state index contributed by atoms with van der Waals surface area (Å²) in [5, 5.41) is 11.5. The number of rotatable bonds is 7. The number of nitrogens with zero attached hydrogens (tertiary/aromatic N) is 4. The maximum absolute atomic E-state index is 14.6. The van der Waals surface area contributed by atoms with E-state index in [9.17, 15) is 13.6 Å². The summed E-state index contributed by atoms with van der Waals surface area (Å²) in [7, 11) is 1.76. The fraction of sp³-hybridized carbons (Fsp3) is 0.276. The molecule has 0 bridgehead atoms. The van der Waals surface area contributed by atoms with Crippen LogP contribution >= 0.6 is 0 Å². The number of nitriles is 1. The first-order chi connectivity index (χ1) is 18.3. The lowest BCUT2D eigenvalue weighted by Crippen LogP contribution is -2.19. The summed E-state index contributed by atoms with van der Waals surface area (Å²) >= 11 is 0. The second-order valence-electron chi connectivity index (χ2n) is 8.52. The minimum atomic E-state index is -0.772. The highest BCUT2D eigenvalue weighted by Gasteiger charge is 2.22. The molecule has 0 spiro atoms. The van der Waals surface area contributed by atoms with Gasteiger partial charge >= 0.3 is 0 Å². The normalized spacial score (nSPS) is 12.8. The summed E-state index contributed by atoms with van der Waals surface area (Å²) in [5.41, 5.74) is 4.30. The van der Waals surface area contributed by atoms with Crippen LogP contribution in [-0.4, -0.2) is 34.6 Å². The molecular formula is C29H31F2N5O2. The molecule has 0 saturated heterocycles. The highest BCUT2D eigenvalue weighted by atomic mass is 19.1. The Bertz CT molecular complexity index is 1450. The number of hydrogen-bond donors (Lipinski definition) is 1. The third-order valence-corrected chi connectivity index (χ3v) is 5.98. The predicted octanol–water partition coefficient (Wildman–Crippen LogP) is 5.90. The molecule has 3 heterocycles. The van der Waals surface area contributed by atoms with Crippen LogP contribution in [0.15, 0.2) is 59.3 Å². The van der Waals surface area contributed by atoms with Crippen molar-refractivity contribution in [1.29, 1.82) is 5.26 Å². The van der Waals surface area contributed by atoms with E-state index in [1.54, 1.807) is 36.3 Å². The maximum Gasteiger partial charge on any atom is 0.292 e. The molecule has 0 fully saturated rings. The van der Waals surface area contributed by atoms with Gasteiger partial charge in [-0.25, -0.2) is 8.78 Å². The van der Waals surface area contributed by atoms with Crippen molar-refractivity contribution in [2.45, 2.75) is 34.1 Å². The van der Waals surface area contributed by atoms with E-state index in [1.165, 1.54) is 12.3 Å². The molecule has 0 atom stereocenters. The lowest BCUT2D eigenvalue weighted by molar-refractivity contribution is 0.441. The summed E-state index contributed by atoms with van der Waals surface area (Å²) in [6.45, 7) is 8.97. The topological polar surface area (TPSA) is 83.2 Å². The zero-order valence-corrected chi connectivity index (χ0v) is 22.2. The first-order valence-electron chi connectivity index (χ1n) is 12.3. The van der Waals surface area contributed by atoms with Crippen LogP contribution in [0.25, 0.3) is 17.3 Å². The summed E-state index contributed by atoms with van der Waals surface area (Å²) in [4.78, 5) is 19.1. The van der Waals surface area contributed by atoms with Gasteiger partial charge in [-0.1, -0.05) is 25.5 Å². The molecular weight excluding hydrogens is 488 g/mol. The zero-order chi connectivity index (χ0) is 27.8. The van der Waals surface area contributed by atoms with E-state index in [1.807, 2.05) is 44.7 Å². The first kappa shape index (κ1) is 28.1. The standard InChI is InChI=1S/C27H25F2N5O2.C2H6/c1-17(10-22-18(2)32-7-4-25(22)34-9-6-20(31-3)11-26(34)35)14-33-8-5-19(15-33)27-23(28)12-21(36-16-30)13-24(27)29;1-2/h4,6-7,9-13,15,31H,5,8,14H2,1-3H3;1-2H3/b17-10+;. The van der Waals surface area contributed by atoms with Gasteiger partial charge < -0.3 is 15.0 Å². The number of aromatic nitrogens is 2. The smallest absolute Gasteiger partial charge is 0.292 e. The number of anilines is 1. The van der Waals surface area contributed by atoms with Gasteiger partial charge in [0.1, 0.15) is 17.4 Å². The SMILES string of the molecule is CC.CNc1ccn(-c2ccnc(C)c2/C=C(\C)CN2C=C(c3c(F)cc(OC#N)cc3F)CC2)c(=O)c1. The van der Waals surface area contributed by atoms with Gasteiger partial charge in [-0.05, 0) is 38.0 Å². The first-order valence-corrected chi connectivity index (χ1v) is 12.3. The average Bonchev–Trinajstić information content (AvgIpc) is 3.34. The van der Waals surface area contributed by atoms with Crippen molar-refractivity contribution < 1.29 is 13.5 Å². The maximum atomic E-state index is 14.6. The Morgan fingerprint density at radius 3 is 2.58 bits per heavy atom. The van der Waals surface area contributed by atoms with E-state index in [2.05, 4.69) is 15.0 Å². The van der Waals surface area contributed by atoms with Crippen molar-refractivity contribution in [3.05, 3.63) is 93.3 Å². The molecule has 0 aliphatic carbocycles. The van der Waals surface area contributed by atoms with Gasteiger partial charge in [0.05, 0.1) is 11.3 Å². The van der Waals surface area contributed by atoms with E-state index in [0.717, 1.165) is 40.3 Å². The van der Waals surface area contributed by atoms with Crippen LogP contribution in [0.2, 0.25) is 0 Å². The fourth-order valence-corrected chi connectivity index (χ4v) is 4.29. The molecule has 4 rings (SSSR count). The molecule has 1 aliphatic rings. The van der Waals surface area contributed by atoms with Crippen LogP contribution < -0.4 is 15.6 Å². The van der Waals surface area contributed by atoms with Crippen LogP contribution in [0, 0.1) is 30.1 Å². The number of hydrogen-bond acceptors (Lipinski definition) is 6. The molecule has 0 saturated carbocycles. The number of ether oxygens (including phenoxy) is 1. The lowest BCUT2D eigenvalue weighted by atomic mass is 10.0. The Kier molecular flexibility index (Phi) is 9.39. The Hall–Kier alpha value is -4.45. The number of halogens is 2. The number of aryl methyl sites for hydroxylation is 1. The van der Waals surface area contributed by atoms with E-state index < -0.39 is 11.6 Å². The molecule has 38 heavy (non-hydrogen) atoms. The molecule has 7 nitrogen and oxygen atoms in total. The van der Waals surface area contributed by atoms with Crippen molar-refractivity contribution in [2.24, 2.45) is 0 Å². The zero-order valence-electron chi connectivity index (χ0n) is 22.2. The van der Waals surface area contributed by atoms with Crippen molar-refractivity contribution in [2.75, 3.05) is 25.5 Å². The van der Waals surface area contributed by atoms with Crippen molar-refractivity contribution >= 4 is 17.3 Å². The second-order valence-corrected chi connectivity index (χ2v) is 8.52. The van der Waals surface area contributed by atoms with E-state index in [0.29, 0.717) is 25.1 Å². The highest BCUT2D eigenvalue weighted by molar-refractivity contribution is 5.69. The number of pyridine rings is 2. The summed E-state index contributed by atoms with van der Waals surface area (Å²) in [6.07, 6.45) is 9.02. The Labute approximate surface area is 221 Å². The van der Waals surface area contributed by atoms with Crippen molar-refractivity contribution in [3.63, 3.8) is 0 Å². The molecule has 9 heteroatoms. The van der Waals surface area contributed by atoms with Gasteiger partial charge in [-0.2, -0.15) is 0 Å². The van der Waals surface area contributed by atoms with Crippen LogP contribution in [0.4, 0.5) is 14.5 Å². The molecule has 0 radical (unpaired) electrons. The number of nitrogens with one attached hydrogen (secondary N) is 1. The summed E-state index contributed by atoms with van der Waals surface area (Å²) in [6, 6.07) is 7.17. The minimum Gasteiger partial charge on any atom is -0.388 e. The second kappa shape index (κ2) is 12.7. The van der Waals surface area contributed by atoms with E-state index in [4.69, 9.17) is 5.26 Å². The van der Waals surface area contributed by atoms with Gasteiger partial charge in [0.25, 0.3) is 11.8 Å². The van der Waals surface area contributed by atoms with Crippen LogP contribution in [-0.2, 0) is 0 Å². The molecule has 198 valence electrons. The quantitative estimate of drug-likeness (QED) is 0.392. The van der Waals surface area contributed by atoms with Crippen LogP contribution in [0.5, 0.6) is 5.75 Å². The van der Waals surface area contributed by atoms with E-state index >= 15 is 0 Å². The predicted molar refractivity (Wildman–Crippen MR) is 146 cm³/mol. The molecule has 1 aromatic carbocycles. The molecule has 0 amide bonds. The van der Waals surface area contributed by atoms with Crippen molar-refractivity contribution in [3.8, 4) is 17.7 Å². The Morgan fingerprint density at radius 1 is 1.24 bits per heavy atom. The fourth-order valence-electron chi connectivity index (χ4n) is 4.29. The number of benzene rings is 1. The highest BCUT2D eigenvalue weighted by Crippen LogP contribution is 2.32. The Balaban J connectivity index is 0.00000195. The van der Waals surface area contributed by atoms with E-state index in [-0.39, 0.29) is 16.9 Å². The summed E-state index contributed by atoms with van der Waals surface area (Å²) < 4.78 is 35.2. The minimum absolute atomic E-state index is 0.112. The Morgan fingerprint density at radius 2 is 1.95 bits per heavy atom. The van der Waals surface area contributed by atoms with Gasteiger partial charge in [0, 0.05) is 73.9 Å². The monoisotopic (exact) mass is 519 g/mol. The summed E-state index contributed by atoms with van der Waals surface area (Å²) in [5.74, 6) is -1.72. The van der Waals surface area contributed by atoms with Gasteiger partial charge in [-0.3, -0.25) is 14.3 Å². The molecule has 3 aromatic rings. The largest absolute Gasteiger partial charge is 0.388 e. The molecule has 2 aromatic heterocycles. The third kappa shape index (κ3) is 6.27. The van der Waals surface area contributed by atoms with Gasteiger partial charge in [0.2, 0.25) is 0 Å². The molecule has 1 N–H and O–H groups in total. The molecule has 1 aliphatic heterocycles. The third-order valence-electron chi connectivity index (χ3n) is 5.98. The lowest BCUT2D eigenvalue weighted by Gasteiger charge is -2.17.